The van der Waals surface area contributed by atoms with E-state index in [1.165, 1.54) is 76.7 Å². The Hall–Kier alpha value is -7.68. The van der Waals surface area contributed by atoms with Crippen LogP contribution in [0.15, 0.2) is 231 Å². The van der Waals surface area contributed by atoms with Crippen LogP contribution in [0.3, 0.4) is 0 Å². The molecule has 0 saturated carbocycles. The minimum absolute atomic E-state index is 1.09. The number of nitrogens with zero attached hydrogens (tertiary/aromatic N) is 2. The smallest absolute Gasteiger partial charge is 0.0542 e. The molecule has 0 aliphatic rings. The van der Waals surface area contributed by atoms with E-state index in [0.717, 1.165) is 22.7 Å². The molecular weight excluding hydrogens is 701 g/mol. The largest absolute Gasteiger partial charge is 0.310 e. The van der Waals surface area contributed by atoms with Gasteiger partial charge in [-0.15, -0.1) is 0 Å². The van der Waals surface area contributed by atoms with E-state index in [2.05, 4.69) is 240 Å². The third kappa shape index (κ3) is 5.66. The third-order valence-corrected chi connectivity index (χ3v) is 11.6. The number of aromatic nitrogens is 1. The molecule has 0 amide bonds. The van der Waals surface area contributed by atoms with E-state index in [1.807, 2.05) is 0 Å². The first kappa shape index (κ1) is 33.6. The fourth-order valence-electron chi connectivity index (χ4n) is 8.96. The van der Waals surface area contributed by atoms with Crippen molar-refractivity contribution in [3.63, 3.8) is 0 Å². The summed E-state index contributed by atoms with van der Waals surface area (Å²) in [5.74, 6) is 0. The van der Waals surface area contributed by atoms with Gasteiger partial charge in [0.1, 0.15) is 0 Å². The molecule has 0 atom stereocenters. The maximum atomic E-state index is 2.43. The van der Waals surface area contributed by atoms with Gasteiger partial charge in [-0.05, 0) is 116 Å². The average molecular weight is 739 g/mol. The molecule has 1 heterocycles. The normalized spacial score (nSPS) is 11.4. The van der Waals surface area contributed by atoms with Crippen molar-refractivity contribution in [2.75, 3.05) is 4.90 Å². The SMILES string of the molecule is c1ccc(-c2ccc(N(c3ccc4c(c3)c(-c3ccccc3)c(-c3ccccc3)c3ccccc34)c3ccc4c(c3)c3ccccc3n4-c3ccccc3)cc2)cc1. The standard InChI is InChI=1S/C56H38N2/c1-5-17-39(18-6-1)40-29-31-44(32-30-40)57(46-34-36-54-51(37-46)49-26-15-16-28-53(49)58(54)43-23-11-4-12-24-43)45-33-35-48-47-25-13-14-27-50(47)55(41-19-7-2-8-20-41)56(52(48)38-45)42-21-9-3-10-22-42/h1-38H. The van der Waals surface area contributed by atoms with E-state index in [1.54, 1.807) is 0 Å². The molecule has 0 radical (unpaired) electrons. The summed E-state index contributed by atoms with van der Waals surface area (Å²) >= 11 is 0. The van der Waals surface area contributed by atoms with Crippen LogP contribution in [-0.2, 0) is 0 Å². The second-order valence-electron chi connectivity index (χ2n) is 14.9. The number of hydrogen-bond donors (Lipinski definition) is 0. The lowest BCUT2D eigenvalue weighted by Gasteiger charge is -2.27. The fourth-order valence-corrected chi connectivity index (χ4v) is 8.96. The van der Waals surface area contributed by atoms with Gasteiger partial charge in [-0.1, -0.05) is 170 Å². The number of fused-ring (bicyclic) bond motifs is 6. The Morgan fingerprint density at radius 3 is 1.34 bits per heavy atom. The van der Waals surface area contributed by atoms with Gasteiger partial charge in [0.2, 0.25) is 0 Å². The Balaban J connectivity index is 1.19. The van der Waals surface area contributed by atoms with E-state index in [0.29, 0.717) is 0 Å². The quantitative estimate of drug-likeness (QED) is 0.148. The van der Waals surface area contributed by atoms with E-state index < -0.39 is 0 Å². The number of para-hydroxylation sites is 2. The summed E-state index contributed by atoms with van der Waals surface area (Å²) in [7, 11) is 0. The van der Waals surface area contributed by atoms with Crippen molar-refractivity contribution in [3.05, 3.63) is 231 Å². The first-order valence-electron chi connectivity index (χ1n) is 19.9. The van der Waals surface area contributed by atoms with Gasteiger partial charge in [-0.3, -0.25) is 0 Å². The molecule has 11 aromatic rings. The summed E-state index contributed by atoms with van der Waals surface area (Å²) in [4.78, 5) is 2.43. The van der Waals surface area contributed by atoms with Gasteiger partial charge < -0.3 is 9.47 Å². The van der Waals surface area contributed by atoms with E-state index >= 15 is 0 Å². The van der Waals surface area contributed by atoms with Crippen LogP contribution >= 0.6 is 0 Å². The molecule has 272 valence electrons. The highest BCUT2D eigenvalue weighted by atomic mass is 15.1. The van der Waals surface area contributed by atoms with Gasteiger partial charge in [-0.25, -0.2) is 0 Å². The zero-order chi connectivity index (χ0) is 38.4. The Morgan fingerprint density at radius 2 is 0.690 bits per heavy atom. The summed E-state index contributed by atoms with van der Waals surface area (Å²) in [6.07, 6.45) is 0. The molecule has 2 nitrogen and oxygen atoms in total. The van der Waals surface area contributed by atoms with Gasteiger partial charge >= 0.3 is 0 Å². The lowest BCUT2D eigenvalue weighted by Crippen LogP contribution is -2.10. The number of rotatable bonds is 7. The van der Waals surface area contributed by atoms with Crippen LogP contribution in [0.4, 0.5) is 17.1 Å². The Labute approximate surface area is 338 Å². The molecular formula is C56H38N2. The lowest BCUT2D eigenvalue weighted by atomic mass is 9.85. The van der Waals surface area contributed by atoms with Crippen LogP contribution < -0.4 is 4.90 Å². The highest BCUT2D eigenvalue weighted by molar-refractivity contribution is 6.22. The number of benzene rings is 10. The monoisotopic (exact) mass is 738 g/mol. The van der Waals surface area contributed by atoms with Crippen molar-refractivity contribution < 1.29 is 0 Å². The summed E-state index contributed by atoms with van der Waals surface area (Å²) in [6.45, 7) is 0. The molecule has 2 heteroatoms. The van der Waals surface area contributed by atoms with Crippen LogP contribution in [0, 0.1) is 0 Å². The summed E-state index contributed by atoms with van der Waals surface area (Å²) in [5.41, 5.74) is 14.1. The van der Waals surface area contributed by atoms with Gasteiger partial charge in [0, 0.05) is 33.5 Å². The molecule has 0 N–H and O–H groups in total. The van der Waals surface area contributed by atoms with E-state index in [4.69, 9.17) is 0 Å². The second-order valence-corrected chi connectivity index (χ2v) is 14.9. The summed E-state index contributed by atoms with van der Waals surface area (Å²) in [6, 6.07) is 83.7. The van der Waals surface area contributed by atoms with Crippen LogP contribution in [0.1, 0.15) is 0 Å². The predicted octanol–water partition coefficient (Wildman–Crippen LogP) is 15.6. The molecule has 0 unspecified atom stereocenters. The Bertz CT molecular complexity index is 3240. The van der Waals surface area contributed by atoms with Gasteiger partial charge in [-0.2, -0.15) is 0 Å². The minimum atomic E-state index is 1.09. The van der Waals surface area contributed by atoms with Crippen molar-refractivity contribution in [1.29, 1.82) is 0 Å². The molecule has 0 spiro atoms. The molecule has 58 heavy (non-hydrogen) atoms. The van der Waals surface area contributed by atoms with Gasteiger partial charge in [0.15, 0.2) is 0 Å². The van der Waals surface area contributed by atoms with Gasteiger partial charge in [0.25, 0.3) is 0 Å². The van der Waals surface area contributed by atoms with Crippen molar-refractivity contribution >= 4 is 60.4 Å². The van der Waals surface area contributed by atoms with Crippen molar-refractivity contribution in [2.45, 2.75) is 0 Å². The predicted molar refractivity (Wildman–Crippen MR) is 247 cm³/mol. The first-order chi connectivity index (χ1) is 28.8. The van der Waals surface area contributed by atoms with Crippen LogP contribution in [0.2, 0.25) is 0 Å². The lowest BCUT2D eigenvalue weighted by molar-refractivity contribution is 1.18. The number of hydrogen-bond acceptors (Lipinski definition) is 1. The zero-order valence-electron chi connectivity index (χ0n) is 31.8. The Kier molecular flexibility index (Phi) is 8.19. The highest BCUT2D eigenvalue weighted by Gasteiger charge is 2.21. The molecule has 1 aromatic heterocycles. The van der Waals surface area contributed by atoms with Crippen LogP contribution in [-0.4, -0.2) is 4.57 Å². The van der Waals surface area contributed by atoms with Crippen LogP contribution in [0.5, 0.6) is 0 Å². The van der Waals surface area contributed by atoms with E-state index in [-0.39, 0.29) is 0 Å². The Morgan fingerprint density at radius 1 is 0.259 bits per heavy atom. The van der Waals surface area contributed by atoms with Crippen molar-refractivity contribution in [2.24, 2.45) is 0 Å². The zero-order valence-corrected chi connectivity index (χ0v) is 31.8. The molecule has 0 aliphatic heterocycles. The summed E-state index contributed by atoms with van der Waals surface area (Å²) < 4.78 is 2.38. The maximum absolute atomic E-state index is 2.43. The van der Waals surface area contributed by atoms with E-state index in [9.17, 15) is 0 Å². The highest BCUT2D eigenvalue weighted by Crippen LogP contribution is 2.47. The average Bonchev–Trinajstić information content (AvgIpc) is 3.64. The second kappa shape index (κ2) is 14.1. The molecule has 0 bridgehead atoms. The summed E-state index contributed by atoms with van der Waals surface area (Å²) in [5, 5.41) is 7.39. The van der Waals surface area contributed by atoms with Crippen molar-refractivity contribution in [1.82, 2.24) is 4.57 Å². The van der Waals surface area contributed by atoms with Crippen molar-refractivity contribution in [3.8, 4) is 39.1 Å². The van der Waals surface area contributed by atoms with Crippen LogP contribution in [0.25, 0.3) is 82.4 Å². The first-order valence-corrected chi connectivity index (χ1v) is 19.9. The number of anilines is 3. The fraction of sp³-hybridized carbons (Fsp3) is 0. The molecule has 11 rings (SSSR count). The minimum Gasteiger partial charge on any atom is -0.310 e. The molecule has 0 fully saturated rings. The molecule has 0 saturated heterocycles. The third-order valence-electron chi connectivity index (χ3n) is 11.6. The van der Waals surface area contributed by atoms with Gasteiger partial charge in [0.05, 0.1) is 11.0 Å². The molecule has 0 aliphatic carbocycles. The molecule has 10 aromatic carbocycles. The maximum Gasteiger partial charge on any atom is 0.0542 e. The topological polar surface area (TPSA) is 8.17 Å².